The SMILES string of the molecule is C=C[C@@]1(C)C[C@@H]2CC=C3[C@@H](CCC(=O)C3(C)C)[C@@]2(C)C[C@@H]1O. The van der Waals surface area contributed by atoms with Crippen LogP contribution in [0.1, 0.15) is 59.8 Å². The van der Waals surface area contributed by atoms with Crippen LogP contribution in [0.2, 0.25) is 0 Å². The van der Waals surface area contributed by atoms with E-state index in [4.69, 9.17) is 0 Å². The van der Waals surface area contributed by atoms with E-state index in [9.17, 15) is 9.90 Å². The third-order valence-electron chi connectivity index (χ3n) is 7.35. The molecule has 3 aliphatic rings. The van der Waals surface area contributed by atoms with Gasteiger partial charge in [0.05, 0.1) is 6.10 Å². The number of aliphatic hydroxyl groups is 1. The second-order valence-electron chi connectivity index (χ2n) is 8.87. The topological polar surface area (TPSA) is 37.3 Å². The van der Waals surface area contributed by atoms with Gasteiger partial charge in [-0.2, -0.15) is 0 Å². The van der Waals surface area contributed by atoms with E-state index in [0.29, 0.717) is 24.0 Å². The number of carbonyl (C=O) groups excluding carboxylic acids is 1. The van der Waals surface area contributed by atoms with E-state index < -0.39 is 0 Å². The molecule has 2 heteroatoms. The van der Waals surface area contributed by atoms with Crippen molar-refractivity contribution in [3.8, 4) is 0 Å². The van der Waals surface area contributed by atoms with E-state index in [2.05, 4.69) is 40.3 Å². The minimum absolute atomic E-state index is 0.115. The van der Waals surface area contributed by atoms with Crippen molar-refractivity contribution < 1.29 is 9.90 Å². The molecule has 0 unspecified atom stereocenters. The van der Waals surface area contributed by atoms with Crippen molar-refractivity contribution in [3.63, 3.8) is 0 Å². The maximum atomic E-state index is 12.3. The number of fused-ring (bicyclic) bond motifs is 3. The summed E-state index contributed by atoms with van der Waals surface area (Å²) in [5, 5.41) is 10.7. The van der Waals surface area contributed by atoms with E-state index in [-0.39, 0.29) is 22.3 Å². The van der Waals surface area contributed by atoms with Gasteiger partial charge in [0, 0.05) is 17.3 Å². The fourth-order valence-electron chi connectivity index (χ4n) is 5.41. The number of allylic oxidation sites excluding steroid dienone is 2. The van der Waals surface area contributed by atoms with Gasteiger partial charge in [-0.25, -0.2) is 0 Å². The Bertz CT molecular complexity index is 544. The quantitative estimate of drug-likeness (QED) is 0.734. The molecule has 2 nitrogen and oxygen atoms in total. The zero-order valence-corrected chi connectivity index (χ0v) is 14.5. The molecule has 122 valence electrons. The molecule has 3 aliphatic carbocycles. The van der Waals surface area contributed by atoms with Crippen LogP contribution in [0, 0.1) is 28.1 Å². The first-order chi connectivity index (χ1) is 10.1. The summed E-state index contributed by atoms with van der Waals surface area (Å²) in [5.74, 6) is 1.41. The van der Waals surface area contributed by atoms with Crippen molar-refractivity contribution in [2.45, 2.75) is 65.9 Å². The molecular formula is C20H30O2. The van der Waals surface area contributed by atoms with Gasteiger partial charge < -0.3 is 5.11 Å². The second kappa shape index (κ2) is 4.80. The van der Waals surface area contributed by atoms with Gasteiger partial charge in [0.2, 0.25) is 0 Å². The summed E-state index contributed by atoms with van der Waals surface area (Å²) in [6.07, 6.45) is 8.49. The lowest BCUT2D eigenvalue weighted by molar-refractivity contribution is -0.132. The Morgan fingerprint density at radius 2 is 1.95 bits per heavy atom. The zero-order chi connectivity index (χ0) is 16.3. The Balaban J connectivity index is 2.00. The lowest BCUT2D eigenvalue weighted by Crippen LogP contribution is -2.54. The number of hydrogen-bond donors (Lipinski definition) is 1. The number of ketones is 1. The van der Waals surface area contributed by atoms with Gasteiger partial charge in [0.15, 0.2) is 0 Å². The first-order valence-electron chi connectivity index (χ1n) is 8.70. The molecule has 0 spiro atoms. The highest BCUT2D eigenvalue weighted by Gasteiger charge is 2.57. The van der Waals surface area contributed by atoms with Crippen LogP contribution in [0.25, 0.3) is 0 Å². The summed E-state index contributed by atoms with van der Waals surface area (Å²) in [4.78, 5) is 12.3. The molecule has 0 radical (unpaired) electrons. The molecule has 22 heavy (non-hydrogen) atoms. The maximum Gasteiger partial charge on any atom is 0.142 e. The predicted octanol–water partition coefficient (Wildman–Crippen LogP) is 4.29. The molecule has 0 amide bonds. The number of rotatable bonds is 1. The minimum Gasteiger partial charge on any atom is -0.392 e. The Morgan fingerprint density at radius 3 is 2.59 bits per heavy atom. The molecule has 0 bridgehead atoms. The van der Waals surface area contributed by atoms with E-state index in [1.807, 2.05) is 6.08 Å². The fraction of sp³-hybridized carbons (Fsp3) is 0.750. The average molecular weight is 302 g/mol. The first-order valence-corrected chi connectivity index (χ1v) is 8.70. The molecule has 2 fully saturated rings. The summed E-state index contributed by atoms with van der Waals surface area (Å²) < 4.78 is 0. The summed E-state index contributed by atoms with van der Waals surface area (Å²) in [7, 11) is 0. The third-order valence-corrected chi connectivity index (χ3v) is 7.35. The third kappa shape index (κ3) is 1.99. The molecule has 5 atom stereocenters. The van der Waals surface area contributed by atoms with Gasteiger partial charge in [-0.1, -0.05) is 31.6 Å². The highest BCUT2D eigenvalue weighted by molar-refractivity contribution is 5.88. The monoisotopic (exact) mass is 302 g/mol. The zero-order valence-electron chi connectivity index (χ0n) is 14.5. The van der Waals surface area contributed by atoms with Gasteiger partial charge >= 0.3 is 0 Å². The Morgan fingerprint density at radius 1 is 1.27 bits per heavy atom. The van der Waals surface area contributed by atoms with E-state index >= 15 is 0 Å². The minimum atomic E-state index is -0.327. The summed E-state index contributed by atoms with van der Waals surface area (Å²) in [6, 6.07) is 0. The van der Waals surface area contributed by atoms with Crippen LogP contribution in [-0.2, 0) is 4.79 Å². The molecule has 3 rings (SSSR count). The molecular weight excluding hydrogens is 272 g/mol. The Hall–Kier alpha value is -0.890. The lowest BCUT2D eigenvalue weighted by atomic mass is 9.46. The predicted molar refractivity (Wildman–Crippen MR) is 89.4 cm³/mol. The highest BCUT2D eigenvalue weighted by Crippen LogP contribution is 2.62. The van der Waals surface area contributed by atoms with Crippen LogP contribution < -0.4 is 0 Å². The van der Waals surface area contributed by atoms with Crippen molar-refractivity contribution in [1.29, 1.82) is 0 Å². The van der Waals surface area contributed by atoms with E-state index in [1.165, 1.54) is 5.57 Å². The van der Waals surface area contributed by atoms with Crippen molar-refractivity contribution in [1.82, 2.24) is 0 Å². The second-order valence-corrected chi connectivity index (χ2v) is 8.87. The number of hydrogen-bond acceptors (Lipinski definition) is 2. The Kier molecular flexibility index (Phi) is 3.49. The normalized spacial score (nSPS) is 47.2. The van der Waals surface area contributed by atoms with Crippen molar-refractivity contribution in [2.75, 3.05) is 0 Å². The lowest BCUT2D eigenvalue weighted by Gasteiger charge is -2.59. The van der Waals surface area contributed by atoms with E-state index in [0.717, 1.165) is 25.7 Å². The van der Waals surface area contributed by atoms with Crippen LogP contribution in [0.15, 0.2) is 24.3 Å². The van der Waals surface area contributed by atoms with Crippen molar-refractivity contribution in [3.05, 3.63) is 24.3 Å². The summed E-state index contributed by atoms with van der Waals surface area (Å²) >= 11 is 0. The maximum absolute atomic E-state index is 12.3. The number of carbonyl (C=O) groups is 1. The van der Waals surface area contributed by atoms with Crippen LogP contribution in [0.4, 0.5) is 0 Å². The highest BCUT2D eigenvalue weighted by atomic mass is 16.3. The standard InChI is InChI=1S/C20H30O2/c1-6-19(4)11-13-7-8-14-15(20(13,5)12-17(19)22)9-10-16(21)18(14,2)3/h6,8,13,15,17,22H,1,7,9-12H2,2-5H3/t13-,15+,17-,19-,20-/m0/s1. The molecule has 0 aromatic heterocycles. The van der Waals surface area contributed by atoms with Gasteiger partial charge in [0.1, 0.15) is 5.78 Å². The van der Waals surface area contributed by atoms with Crippen molar-refractivity contribution in [2.24, 2.45) is 28.1 Å². The molecule has 0 aliphatic heterocycles. The van der Waals surface area contributed by atoms with Gasteiger partial charge in [-0.15, -0.1) is 6.58 Å². The molecule has 0 aromatic carbocycles. The van der Waals surface area contributed by atoms with Crippen LogP contribution in [0.5, 0.6) is 0 Å². The molecule has 2 saturated carbocycles. The summed E-state index contributed by atoms with van der Waals surface area (Å²) in [6.45, 7) is 12.6. The van der Waals surface area contributed by atoms with E-state index in [1.54, 1.807) is 0 Å². The number of Topliss-reactive ketones (excluding diaryl/α,β-unsaturated/α-hetero) is 1. The number of aliphatic hydroxyl groups excluding tert-OH is 1. The molecule has 0 aromatic rings. The van der Waals surface area contributed by atoms with Crippen LogP contribution in [0.3, 0.4) is 0 Å². The van der Waals surface area contributed by atoms with Crippen LogP contribution >= 0.6 is 0 Å². The van der Waals surface area contributed by atoms with Crippen LogP contribution in [-0.4, -0.2) is 17.0 Å². The largest absolute Gasteiger partial charge is 0.392 e. The van der Waals surface area contributed by atoms with Gasteiger partial charge in [0.25, 0.3) is 0 Å². The first kappa shape index (κ1) is 16.0. The average Bonchev–Trinajstić information content (AvgIpc) is 2.45. The fourth-order valence-corrected chi connectivity index (χ4v) is 5.41. The van der Waals surface area contributed by atoms with Gasteiger partial charge in [-0.3, -0.25) is 4.79 Å². The molecule has 1 N–H and O–H groups in total. The Labute approximate surface area is 134 Å². The smallest absolute Gasteiger partial charge is 0.142 e. The summed E-state index contributed by atoms with van der Waals surface area (Å²) in [5.41, 5.74) is 0.970. The van der Waals surface area contributed by atoms with Gasteiger partial charge in [-0.05, 0) is 56.8 Å². The molecule has 0 heterocycles. The van der Waals surface area contributed by atoms with Crippen molar-refractivity contribution >= 4 is 5.78 Å². The molecule has 0 saturated heterocycles.